The third-order valence-corrected chi connectivity index (χ3v) is 5.12. The van der Waals surface area contributed by atoms with Gasteiger partial charge in [-0.15, -0.1) is 0 Å². The minimum absolute atomic E-state index is 0.260. The van der Waals surface area contributed by atoms with Gasteiger partial charge in [-0.05, 0) is 47.2 Å². The molecule has 0 aliphatic heterocycles. The van der Waals surface area contributed by atoms with Crippen LogP contribution in [0.4, 0.5) is 5.13 Å². The maximum atomic E-state index is 12.1. The van der Waals surface area contributed by atoms with Crippen molar-refractivity contribution in [3.05, 3.63) is 58.6 Å². The number of hydrogen-bond donors (Lipinski definition) is 2. The molecule has 0 saturated carbocycles. The molecule has 0 saturated heterocycles. The van der Waals surface area contributed by atoms with Gasteiger partial charge in [0.05, 0.1) is 23.9 Å². The normalized spacial score (nSPS) is 10.9. The molecule has 8 nitrogen and oxygen atoms in total. The lowest BCUT2D eigenvalue weighted by atomic mass is 10.3. The van der Waals surface area contributed by atoms with Crippen LogP contribution in [0.2, 0.25) is 0 Å². The van der Waals surface area contributed by atoms with Crippen LogP contribution in [0.1, 0.15) is 12.6 Å². The molecule has 28 heavy (non-hydrogen) atoms. The van der Waals surface area contributed by atoms with Crippen molar-refractivity contribution < 1.29 is 18.7 Å². The predicted molar refractivity (Wildman–Crippen MR) is 106 cm³/mol. The largest absolute Gasteiger partial charge is 0.497 e. The number of aromatic amines is 1. The van der Waals surface area contributed by atoms with Crippen molar-refractivity contribution in [3.63, 3.8) is 0 Å². The molecule has 2 N–H and O–H groups in total. The van der Waals surface area contributed by atoms with Gasteiger partial charge in [0.1, 0.15) is 18.0 Å². The monoisotopic (exact) mass is 399 g/mol. The SMILES string of the molecule is CCOc1ccc2nc(NCc3c(=O)o[nH][n+]3-c3ccc(OC)cc3)sc2c1. The van der Waals surface area contributed by atoms with Gasteiger partial charge in [0.2, 0.25) is 5.69 Å². The van der Waals surface area contributed by atoms with Gasteiger partial charge in [-0.2, -0.15) is 0 Å². The van der Waals surface area contributed by atoms with Crippen LogP contribution in [0.25, 0.3) is 15.9 Å². The summed E-state index contributed by atoms with van der Waals surface area (Å²) >= 11 is 1.50. The van der Waals surface area contributed by atoms with Gasteiger partial charge in [-0.3, -0.25) is 4.52 Å². The number of methoxy groups -OCH3 is 1. The van der Waals surface area contributed by atoms with E-state index in [9.17, 15) is 4.79 Å². The highest BCUT2D eigenvalue weighted by molar-refractivity contribution is 7.22. The highest BCUT2D eigenvalue weighted by Gasteiger charge is 2.23. The van der Waals surface area contributed by atoms with Crippen LogP contribution in [-0.2, 0) is 6.54 Å². The second-order valence-corrected chi connectivity index (χ2v) is 6.93. The molecule has 0 unspecified atom stereocenters. The molecule has 0 radical (unpaired) electrons. The topological polar surface area (TPSA) is 93.3 Å². The van der Waals surface area contributed by atoms with E-state index < -0.39 is 5.63 Å². The molecule has 2 aromatic heterocycles. The molecule has 0 atom stereocenters. The fraction of sp³-hybridized carbons (Fsp3) is 0.211. The van der Waals surface area contributed by atoms with Crippen molar-refractivity contribution in [2.75, 3.05) is 19.0 Å². The number of hydrogen-bond acceptors (Lipinski definition) is 7. The summed E-state index contributed by atoms with van der Waals surface area (Å²) in [5, 5.41) is 6.54. The molecular weight excluding hydrogens is 380 g/mol. The summed E-state index contributed by atoms with van der Waals surface area (Å²) in [4.78, 5) is 16.7. The Morgan fingerprint density at radius 2 is 2.00 bits per heavy atom. The van der Waals surface area contributed by atoms with Gasteiger partial charge in [0, 0.05) is 12.1 Å². The zero-order valence-corrected chi connectivity index (χ0v) is 16.2. The smallest absolute Gasteiger partial charge is 0.432 e. The van der Waals surface area contributed by atoms with Crippen LogP contribution in [0, 0.1) is 0 Å². The number of anilines is 1. The summed E-state index contributed by atoms with van der Waals surface area (Å²) in [6.45, 7) is 2.82. The fourth-order valence-corrected chi connectivity index (χ4v) is 3.67. The number of nitrogens with zero attached hydrogens (tertiary/aromatic N) is 2. The van der Waals surface area contributed by atoms with Gasteiger partial charge in [-0.1, -0.05) is 11.3 Å². The molecule has 0 spiro atoms. The summed E-state index contributed by atoms with van der Waals surface area (Å²) in [5.41, 5.74) is 1.62. The van der Waals surface area contributed by atoms with Crippen molar-refractivity contribution >= 4 is 26.7 Å². The zero-order valence-electron chi connectivity index (χ0n) is 15.4. The molecule has 9 heteroatoms. The maximum Gasteiger partial charge on any atom is 0.432 e. The number of fused-ring (bicyclic) bond motifs is 1. The Labute approximate surface area is 164 Å². The summed E-state index contributed by atoms with van der Waals surface area (Å²) in [7, 11) is 1.60. The summed E-state index contributed by atoms with van der Waals surface area (Å²) in [6, 6.07) is 13.1. The molecule has 2 aromatic carbocycles. The van der Waals surface area contributed by atoms with Gasteiger partial charge >= 0.3 is 11.3 Å². The number of ether oxygens (including phenoxy) is 2. The first-order chi connectivity index (χ1) is 13.7. The molecule has 0 aliphatic carbocycles. The van der Waals surface area contributed by atoms with E-state index >= 15 is 0 Å². The Morgan fingerprint density at radius 3 is 2.75 bits per heavy atom. The first-order valence-electron chi connectivity index (χ1n) is 8.72. The van der Waals surface area contributed by atoms with Crippen molar-refractivity contribution in [2.45, 2.75) is 13.5 Å². The summed E-state index contributed by atoms with van der Waals surface area (Å²) < 4.78 is 18.3. The standard InChI is InChI=1S/C19H18N4O4S/c1-3-26-14-8-9-15-17(10-14)28-19(21-15)20-11-16-18(24)27-22-23(16)12-4-6-13(25-2)7-5-12/h4-10H,3,11H2,1-2H3,(H-,20,21,22,24)/p+1. The molecule has 0 amide bonds. The molecule has 0 bridgehead atoms. The van der Waals surface area contributed by atoms with Crippen LogP contribution in [0.3, 0.4) is 0 Å². The number of thiazole rings is 1. The van der Waals surface area contributed by atoms with Crippen molar-refractivity contribution in [3.8, 4) is 17.2 Å². The van der Waals surface area contributed by atoms with Gasteiger partial charge in [0.25, 0.3) is 0 Å². The average molecular weight is 399 g/mol. The predicted octanol–water partition coefficient (Wildman–Crippen LogP) is 2.87. The van der Waals surface area contributed by atoms with E-state index in [0.717, 1.165) is 27.4 Å². The van der Waals surface area contributed by atoms with E-state index in [1.54, 1.807) is 11.8 Å². The molecular formula is C19H19N4O4S+. The second kappa shape index (κ2) is 7.73. The molecule has 0 aliphatic rings. The summed E-state index contributed by atoms with van der Waals surface area (Å²) in [5.74, 6) is 1.55. The van der Waals surface area contributed by atoms with Gasteiger partial charge in [0.15, 0.2) is 5.13 Å². The van der Waals surface area contributed by atoms with Crippen molar-refractivity contribution in [1.29, 1.82) is 0 Å². The molecule has 2 heterocycles. The maximum absolute atomic E-state index is 12.1. The third-order valence-electron chi connectivity index (χ3n) is 4.14. The average Bonchev–Trinajstić information content (AvgIpc) is 3.29. The third kappa shape index (κ3) is 3.56. The van der Waals surface area contributed by atoms with Crippen LogP contribution in [-0.4, -0.2) is 24.0 Å². The number of nitrogens with one attached hydrogen (secondary N) is 2. The molecule has 144 valence electrons. The van der Waals surface area contributed by atoms with E-state index in [2.05, 4.69) is 15.6 Å². The first kappa shape index (κ1) is 18.1. The Hall–Kier alpha value is -3.33. The van der Waals surface area contributed by atoms with Gasteiger partial charge < -0.3 is 14.8 Å². The zero-order chi connectivity index (χ0) is 19.5. The minimum Gasteiger partial charge on any atom is -0.497 e. The number of rotatable bonds is 7. The Bertz CT molecular complexity index is 1150. The van der Waals surface area contributed by atoms with E-state index in [1.165, 1.54) is 11.3 Å². The van der Waals surface area contributed by atoms with Gasteiger partial charge in [-0.25, -0.2) is 9.78 Å². The Balaban J connectivity index is 1.56. The first-order valence-corrected chi connectivity index (χ1v) is 9.53. The van der Waals surface area contributed by atoms with Crippen molar-refractivity contribution in [1.82, 2.24) is 10.3 Å². The van der Waals surface area contributed by atoms with Crippen LogP contribution >= 0.6 is 11.3 Å². The number of aromatic nitrogens is 3. The lowest BCUT2D eigenvalue weighted by Gasteiger charge is -2.00. The number of H-pyrrole nitrogens is 1. The fourth-order valence-electron chi connectivity index (χ4n) is 2.78. The van der Waals surface area contributed by atoms with Crippen molar-refractivity contribution in [2.24, 2.45) is 0 Å². The highest BCUT2D eigenvalue weighted by Crippen LogP contribution is 2.29. The molecule has 4 rings (SSSR count). The van der Waals surface area contributed by atoms with E-state index in [-0.39, 0.29) is 6.54 Å². The second-order valence-electron chi connectivity index (χ2n) is 5.90. The Morgan fingerprint density at radius 1 is 1.21 bits per heavy atom. The van der Waals surface area contributed by atoms with Crippen LogP contribution in [0.5, 0.6) is 11.5 Å². The van der Waals surface area contributed by atoms with Crippen LogP contribution in [0.15, 0.2) is 51.8 Å². The lowest BCUT2D eigenvalue weighted by molar-refractivity contribution is -0.677. The molecule has 0 fully saturated rings. The highest BCUT2D eigenvalue weighted by atomic mass is 32.1. The lowest BCUT2D eigenvalue weighted by Crippen LogP contribution is -2.39. The molecule has 4 aromatic rings. The number of benzene rings is 2. The van der Waals surface area contributed by atoms with E-state index in [1.807, 2.05) is 49.4 Å². The van der Waals surface area contributed by atoms with E-state index in [0.29, 0.717) is 17.4 Å². The minimum atomic E-state index is -0.442. The Kier molecular flexibility index (Phi) is 4.98. The summed E-state index contributed by atoms with van der Waals surface area (Å²) in [6.07, 6.45) is 0. The van der Waals surface area contributed by atoms with Crippen LogP contribution < -0.4 is 25.1 Å². The quantitative estimate of drug-likeness (QED) is 0.464. The van der Waals surface area contributed by atoms with E-state index in [4.69, 9.17) is 14.0 Å².